The number of hydrogen-bond acceptors (Lipinski definition) is 6. The molecule has 0 saturated heterocycles. The van der Waals surface area contributed by atoms with Crippen LogP contribution in [0.3, 0.4) is 0 Å². The van der Waals surface area contributed by atoms with Crippen molar-refractivity contribution < 1.29 is 9.13 Å². The molecule has 26 heavy (non-hydrogen) atoms. The van der Waals surface area contributed by atoms with Crippen LogP contribution in [0.15, 0.2) is 47.8 Å². The van der Waals surface area contributed by atoms with E-state index < -0.39 is 5.82 Å². The van der Waals surface area contributed by atoms with E-state index in [1.807, 2.05) is 20.2 Å². The fourth-order valence-corrected chi connectivity index (χ4v) is 3.37. The lowest BCUT2D eigenvalue weighted by Crippen LogP contribution is -2.11. The highest BCUT2D eigenvalue weighted by atomic mass is 32.1. The lowest BCUT2D eigenvalue weighted by atomic mass is 10.3. The number of benzene rings is 1. The molecular weight excluding hydrogens is 353 g/mol. The summed E-state index contributed by atoms with van der Waals surface area (Å²) in [7, 11) is 4.08. The van der Waals surface area contributed by atoms with Gasteiger partial charge in [-0.15, -0.1) is 16.2 Å². The van der Waals surface area contributed by atoms with Gasteiger partial charge in [-0.1, -0.05) is 6.08 Å². The Morgan fingerprint density at radius 2 is 2.12 bits per heavy atom. The van der Waals surface area contributed by atoms with Gasteiger partial charge in [-0.3, -0.25) is 4.98 Å². The molecule has 0 fully saturated rings. The van der Waals surface area contributed by atoms with Gasteiger partial charge < -0.3 is 9.64 Å². The predicted molar refractivity (Wildman–Crippen MR) is 104 cm³/mol. The first-order chi connectivity index (χ1) is 12.6. The summed E-state index contributed by atoms with van der Waals surface area (Å²) in [5, 5.41) is 2.72. The third-order valence-corrected chi connectivity index (χ3v) is 4.76. The summed E-state index contributed by atoms with van der Waals surface area (Å²) in [4.78, 5) is 18.0. The predicted octanol–water partition coefficient (Wildman–Crippen LogP) is 5.59. The van der Waals surface area contributed by atoms with E-state index in [1.165, 1.54) is 23.5 Å². The molecule has 0 aliphatic rings. The number of rotatable bonds is 7. The Labute approximate surface area is 154 Å². The van der Waals surface area contributed by atoms with Crippen LogP contribution in [0.1, 0.15) is 11.3 Å². The molecule has 0 saturated carbocycles. The van der Waals surface area contributed by atoms with Crippen molar-refractivity contribution >= 4 is 33.3 Å². The molecule has 0 amide bonds. The molecule has 0 N–H and O–H groups in total. The third kappa shape index (κ3) is 4.30. The summed E-state index contributed by atoms with van der Waals surface area (Å²) in [6, 6.07) is 7.54. The van der Waals surface area contributed by atoms with Crippen LogP contribution < -0.4 is 4.74 Å². The number of hydrogen-bond donors (Lipinski definition) is 0. The van der Waals surface area contributed by atoms with E-state index in [0.29, 0.717) is 5.75 Å². The first-order valence-electron chi connectivity index (χ1n) is 8.07. The van der Waals surface area contributed by atoms with Crippen molar-refractivity contribution in [3.8, 4) is 11.5 Å². The zero-order valence-corrected chi connectivity index (χ0v) is 15.3. The van der Waals surface area contributed by atoms with Crippen LogP contribution in [0.25, 0.3) is 16.3 Å². The fraction of sp³-hybridized carbons (Fsp3) is 0.211. The van der Waals surface area contributed by atoms with E-state index in [1.54, 1.807) is 12.3 Å². The van der Waals surface area contributed by atoms with Crippen LogP contribution in [-0.2, 0) is 0 Å². The van der Waals surface area contributed by atoms with Gasteiger partial charge in [0.05, 0.1) is 10.2 Å². The molecule has 3 rings (SSSR count). The minimum Gasteiger partial charge on any atom is -0.453 e. The Kier molecular flexibility index (Phi) is 5.70. The van der Waals surface area contributed by atoms with Crippen LogP contribution in [0.4, 0.5) is 10.1 Å². The molecule has 5 nitrogen and oxygen atoms in total. The second-order valence-electron chi connectivity index (χ2n) is 5.97. The normalized spacial score (nSPS) is 11.5. The zero-order valence-electron chi connectivity index (χ0n) is 14.5. The van der Waals surface area contributed by atoms with Crippen LogP contribution in [0.2, 0.25) is 0 Å². The van der Waals surface area contributed by atoms with Gasteiger partial charge in [0.1, 0.15) is 11.4 Å². The number of nitroso groups, excluding NO2 is 1. The third-order valence-electron chi connectivity index (χ3n) is 3.66. The smallest absolute Gasteiger partial charge is 0.167 e. The van der Waals surface area contributed by atoms with Crippen molar-refractivity contribution in [3.05, 3.63) is 58.2 Å². The minimum absolute atomic E-state index is 0.0241. The Bertz CT molecular complexity index is 953. The maximum Gasteiger partial charge on any atom is 0.167 e. The molecule has 0 aliphatic carbocycles. The number of halogens is 1. The SMILES string of the molecule is CN(C)CCC=Cc1cc2nccc(Oc3ccc(N=O)cc3F)c2s1. The first-order valence-corrected chi connectivity index (χ1v) is 8.89. The molecule has 1 aromatic carbocycles. The fourth-order valence-electron chi connectivity index (χ4n) is 2.38. The van der Waals surface area contributed by atoms with Crippen LogP contribution in [-0.4, -0.2) is 30.5 Å². The van der Waals surface area contributed by atoms with Crippen molar-refractivity contribution in [3.63, 3.8) is 0 Å². The largest absolute Gasteiger partial charge is 0.453 e. The Morgan fingerprint density at radius 3 is 2.85 bits per heavy atom. The summed E-state index contributed by atoms with van der Waals surface area (Å²) in [5.41, 5.74) is 0.822. The number of ether oxygens (including phenoxy) is 1. The van der Waals surface area contributed by atoms with Crippen molar-refractivity contribution in [1.29, 1.82) is 0 Å². The van der Waals surface area contributed by atoms with Crippen molar-refractivity contribution in [1.82, 2.24) is 9.88 Å². The molecule has 134 valence electrons. The van der Waals surface area contributed by atoms with Gasteiger partial charge in [0.15, 0.2) is 11.6 Å². The molecule has 7 heteroatoms. The molecule has 0 bridgehead atoms. The lowest BCUT2D eigenvalue weighted by Gasteiger charge is -2.07. The highest BCUT2D eigenvalue weighted by molar-refractivity contribution is 7.20. The zero-order chi connectivity index (χ0) is 18.5. The standard InChI is InChI=1S/C19H18FN3O2S/c1-23(2)10-4-3-5-14-12-16-19(26-14)18(8-9-21-16)25-17-7-6-13(22-24)11-15(17)20/h3,5-9,11-12H,4,10H2,1-2H3. The maximum atomic E-state index is 14.0. The second kappa shape index (κ2) is 8.16. The molecule has 0 spiro atoms. The number of fused-ring (bicyclic) bond motifs is 1. The molecule has 3 aromatic rings. The van der Waals surface area contributed by atoms with Gasteiger partial charge >= 0.3 is 0 Å². The summed E-state index contributed by atoms with van der Waals surface area (Å²) >= 11 is 1.54. The summed E-state index contributed by atoms with van der Waals surface area (Å²) in [6.07, 6.45) is 6.77. The van der Waals surface area contributed by atoms with Crippen molar-refractivity contribution in [2.75, 3.05) is 20.6 Å². The highest BCUT2D eigenvalue weighted by Gasteiger charge is 2.11. The number of pyridine rings is 1. The van der Waals surface area contributed by atoms with Crippen LogP contribution >= 0.6 is 11.3 Å². The summed E-state index contributed by atoms with van der Waals surface area (Å²) in [5.74, 6) is -0.0625. The minimum atomic E-state index is -0.632. The average molecular weight is 371 g/mol. The van der Waals surface area contributed by atoms with Gasteiger partial charge in [-0.05, 0) is 50.0 Å². The topological polar surface area (TPSA) is 54.8 Å². The summed E-state index contributed by atoms with van der Waals surface area (Å²) in [6.45, 7) is 0.985. The Hall–Kier alpha value is -2.64. The van der Waals surface area contributed by atoms with Gasteiger partial charge in [0.2, 0.25) is 0 Å². The summed E-state index contributed by atoms with van der Waals surface area (Å²) < 4.78 is 20.6. The average Bonchev–Trinajstić information content (AvgIpc) is 3.04. The van der Waals surface area contributed by atoms with E-state index in [2.05, 4.69) is 27.2 Å². The molecular formula is C19H18FN3O2S. The highest BCUT2D eigenvalue weighted by Crippen LogP contribution is 2.36. The van der Waals surface area contributed by atoms with Crippen molar-refractivity contribution in [2.45, 2.75) is 6.42 Å². The Balaban J connectivity index is 1.84. The lowest BCUT2D eigenvalue weighted by molar-refractivity contribution is 0.417. The molecule has 0 atom stereocenters. The number of thiophene rings is 1. The van der Waals surface area contributed by atoms with Gasteiger partial charge in [0, 0.05) is 29.8 Å². The van der Waals surface area contributed by atoms with Crippen LogP contribution in [0.5, 0.6) is 11.5 Å². The quantitative estimate of drug-likeness (QED) is 0.508. The maximum absolute atomic E-state index is 14.0. The van der Waals surface area contributed by atoms with E-state index in [9.17, 15) is 9.30 Å². The van der Waals surface area contributed by atoms with Crippen LogP contribution in [0, 0.1) is 10.7 Å². The van der Waals surface area contributed by atoms with Gasteiger partial charge in [0.25, 0.3) is 0 Å². The first kappa shape index (κ1) is 18.2. The van der Waals surface area contributed by atoms with Gasteiger partial charge in [-0.25, -0.2) is 4.39 Å². The molecule has 2 heterocycles. The molecule has 0 aliphatic heterocycles. The molecule has 2 aromatic heterocycles. The second-order valence-corrected chi connectivity index (χ2v) is 7.06. The van der Waals surface area contributed by atoms with E-state index >= 15 is 0 Å². The number of aromatic nitrogens is 1. The Morgan fingerprint density at radius 1 is 1.27 bits per heavy atom. The van der Waals surface area contributed by atoms with E-state index in [4.69, 9.17) is 4.74 Å². The van der Waals surface area contributed by atoms with E-state index in [-0.39, 0.29) is 11.4 Å². The van der Waals surface area contributed by atoms with Crippen molar-refractivity contribution in [2.24, 2.45) is 5.18 Å². The molecule has 0 unspecified atom stereocenters. The molecule has 0 radical (unpaired) electrons. The van der Waals surface area contributed by atoms with E-state index in [0.717, 1.165) is 34.1 Å². The van der Waals surface area contributed by atoms with Gasteiger partial charge in [-0.2, -0.15) is 0 Å². The monoisotopic (exact) mass is 371 g/mol. The number of nitrogens with zero attached hydrogens (tertiary/aromatic N) is 3.